The molecule has 0 N–H and O–H groups in total. The number of carbonyl (C=O) groups excluding carboxylic acids is 1. The molecule has 1 heterocycles. The Hall–Kier alpha value is -2.23. The van der Waals surface area contributed by atoms with E-state index in [0.29, 0.717) is 18.1 Å². The molecule has 25 heavy (non-hydrogen) atoms. The van der Waals surface area contributed by atoms with Crippen molar-refractivity contribution in [3.8, 4) is 0 Å². The molecule has 4 heteroatoms. The van der Waals surface area contributed by atoms with Crippen molar-refractivity contribution in [2.24, 2.45) is 0 Å². The van der Waals surface area contributed by atoms with Gasteiger partial charge in [0.2, 0.25) is 0 Å². The quantitative estimate of drug-likeness (QED) is 0.759. The number of carbonyl (C=O) groups is 1. The molecule has 2 rings (SSSR count). The van der Waals surface area contributed by atoms with E-state index in [-0.39, 0.29) is 11.4 Å². The Morgan fingerprint density at radius 1 is 1.04 bits per heavy atom. The normalized spacial score (nSPS) is 11.4. The molecule has 0 bridgehead atoms. The summed E-state index contributed by atoms with van der Waals surface area (Å²) in [5.41, 5.74) is 4.86. The number of nitrogens with zero attached hydrogens (tertiary/aromatic N) is 2. The minimum Gasteiger partial charge on any atom is -0.461 e. The zero-order valence-electron chi connectivity index (χ0n) is 16.1. The van der Waals surface area contributed by atoms with Crippen LogP contribution in [0.2, 0.25) is 0 Å². The molecular formula is C21H28N2O2. The number of benzene rings is 1. The number of hydrogen-bond acceptors (Lipinski definition) is 4. The lowest BCUT2D eigenvalue weighted by atomic mass is 9.86. The van der Waals surface area contributed by atoms with Crippen LogP contribution in [0.1, 0.15) is 66.4 Å². The number of ether oxygens (including phenoxy) is 1. The van der Waals surface area contributed by atoms with Crippen LogP contribution in [0.25, 0.3) is 0 Å². The van der Waals surface area contributed by atoms with Crippen LogP contribution in [0.4, 0.5) is 0 Å². The van der Waals surface area contributed by atoms with Crippen molar-refractivity contribution in [2.45, 2.75) is 59.8 Å². The first-order chi connectivity index (χ1) is 11.7. The monoisotopic (exact) mass is 340 g/mol. The molecule has 0 aliphatic carbocycles. The van der Waals surface area contributed by atoms with Crippen LogP contribution in [0.5, 0.6) is 0 Å². The summed E-state index contributed by atoms with van der Waals surface area (Å²) in [5, 5.41) is 0. The topological polar surface area (TPSA) is 52.1 Å². The van der Waals surface area contributed by atoms with Crippen LogP contribution in [-0.4, -0.2) is 22.5 Å². The second-order valence-corrected chi connectivity index (χ2v) is 7.36. The van der Waals surface area contributed by atoms with Gasteiger partial charge in [0.25, 0.3) is 0 Å². The summed E-state index contributed by atoms with van der Waals surface area (Å²) in [6, 6.07) is 8.74. The first-order valence-electron chi connectivity index (χ1n) is 8.83. The molecule has 0 fully saturated rings. The third-order valence-corrected chi connectivity index (χ3v) is 4.30. The van der Waals surface area contributed by atoms with Gasteiger partial charge in [0.15, 0.2) is 5.69 Å². The molecule has 4 nitrogen and oxygen atoms in total. The van der Waals surface area contributed by atoms with Crippen molar-refractivity contribution in [3.63, 3.8) is 0 Å². The van der Waals surface area contributed by atoms with Gasteiger partial charge in [-0.05, 0) is 50.2 Å². The number of esters is 1. The van der Waals surface area contributed by atoms with Crippen LogP contribution in [0.3, 0.4) is 0 Å². The maximum Gasteiger partial charge on any atom is 0.357 e. The molecule has 1 aromatic heterocycles. The molecule has 0 aliphatic rings. The molecule has 0 unspecified atom stereocenters. The third-order valence-electron chi connectivity index (χ3n) is 4.30. The van der Waals surface area contributed by atoms with Crippen LogP contribution in [0, 0.1) is 13.8 Å². The number of rotatable bonds is 5. The highest BCUT2D eigenvalue weighted by molar-refractivity contribution is 5.89. The molecule has 134 valence electrons. The van der Waals surface area contributed by atoms with E-state index in [1.807, 2.05) is 13.8 Å². The van der Waals surface area contributed by atoms with E-state index >= 15 is 0 Å². The summed E-state index contributed by atoms with van der Waals surface area (Å²) in [5.74, 6) is 0.230. The number of aryl methyl sites for hydroxylation is 3. The highest BCUT2D eigenvalue weighted by atomic mass is 16.5. The van der Waals surface area contributed by atoms with Gasteiger partial charge in [0, 0.05) is 11.3 Å². The second-order valence-electron chi connectivity index (χ2n) is 7.36. The Morgan fingerprint density at radius 2 is 1.68 bits per heavy atom. The van der Waals surface area contributed by atoms with Gasteiger partial charge >= 0.3 is 5.97 Å². The fourth-order valence-electron chi connectivity index (χ4n) is 2.76. The van der Waals surface area contributed by atoms with Crippen LogP contribution < -0.4 is 0 Å². The van der Waals surface area contributed by atoms with Gasteiger partial charge in [-0.3, -0.25) is 0 Å². The summed E-state index contributed by atoms with van der Waals surface area (Å²) >= 11 is 0. The highest BCUT2D eigenvalue weighted by Gasteiger charge is 2.17. The fourth-order valence-corrected chi connectivity index (χ4v) is 2.76. The average Bonchev–Trinajstić information content (AvgIpc) is 2.55. The van der Waals surface area contributed by atoms with Gasteiger partial charge in [0.05, 0.1) is 6.61 Å². The van der Waals surface area contributed by atoms with Gasteiger partial charge in [-0.15, -0.1) is 0 Å². The van der Waals surface area contributed by atoms with Gasteiger partial charge in [-0.2, -0.15) is 0 Å². The number of hydrogen-bond donors (Lipinski definition) is 0. The third kappa shape index (κ3) is 4.88. The highest BCUT2D eigenvalue weighted by Crippen LogP contribution is 2.23. The maximum absolute atomic E-state index is 12.1. The first kappa shape index (κ1) is 19.1. The van der Waals surface area contributed by atoms with E-state index in [1.54, 1.807) is 6.92 Å². The summed E-state index contributed by atoms with van der Waals surface area (Å²) in [6.45, 7) is 12.5. The molecule has 0 amide bonds. The zero-order valence-corrected chi connectivity index (χ0v) is 16.1. The van der Waals surface area contributed by atoms with E-state index in [4.69, 9.17) is 4.74 Å². The van der Waals surface area contributed by atoms with E-state index in [0.717, 1.165) is 24.1 Å². The molecular weight excluding hydrogens is 312 g/mol. The lowest BCUT2D eigenvalue weighted by molar-refractivity contribution is 0.0517. The molecule has 1 aromatic carbocycles. The Labute approximate surface area is 150 Å². The van der Waals surface area contributed by atoms with E-state index < -0.39 is 0 Å². The van der Waals surface area contributed by atoms with Crippen LogP contribution >= 0.6 is 0 Å². The zero-order chi connectivity index (χ0) is 18.6. The van der Waals surface area contributed by atoms with Crippen molar-refractivity contribution in [3.05, 3.63) is 58.2 Å². The summed E-state index contributed by atoms with van der Waals surface area (Å²) in [7, 11) is 0. The van der Waals surface area contributed by atoms with Gasteiger partial charge in [0.1, 0.15) is 5.82 Å². The van der Waals surface area contributed by atoms with Crippen molar-refractivity contribution in [2.75, 3.05) is 6.61 Å². The molecule has 0 atom stereocenters. The minimum atomic E-state index is -0.374. The lowest BCUT2D eigenvalue weighted by Crippen LogP contribution is -2.14. The fraction of sp³-hybridized carbons (Fsp3) is 0.476. The Bertz CT molecular complexity index is 744. The molecule has 0 saturated carbocycles. The lowest BCUT2D eigenvalue weighted by Gasteiger charge is -2.19. The molecule has 2 aromatic rings. The summed E-state index contributed by atoms with van der Waals surface area (Å²) < 4.78 is 5.10. The molecule has 0 saturated heterocycles. The predicted octanol–water partition coefficient (Wildman–Crippen LogP) is 4.35. The second kappa shape index (κ2) is 7.77. The van der Waals surface area contributed by atoms with E-state index in [9.17, 15) is 4.79 Å². The van der Waals surface area contributed by atoms with Crippen molar-refractivity contribution in [1.29, 1.82) is 0 Å². The van der Waals surface area contributed by atoms with Gasteiger partial charge < -0.3 is 4.74 Å². The van der Waals surface area contributed by atoms with E-state index in [1.165, 1.54) is 11.1 Å². The predicted molar refractivity (Wildman–Crippen MR) is 100 cm³/mol. The van der Waals surface area contributed by atoms with Crippen molar-refractivity contribution < 1.29 is 9.53 Å². The summed E-state index contributed by atoms with van der Waals surface area (Å²) in [4.78, 5) is 20.9. The molecule has 0 aliphatic heterocycles. The standard InChI is InChI=1S/C21H28N2O2/c1-7-25-20(24)19-14(2)18(22-15(3)23-19)13-10-16-8-11-17(12-9-16)21(4,5)6/h8-9,11-12H,7,10,13H2,1-6H3. The largest absolute Gasteiger partial charge is 0.461 e. The Kier molecular flexibility index (Phi) is 5.93. The molecule has 0 spiro atoms. The first-order valence-corrected chi connectivity index (χ1v) is 8.83. The summed E-state index contributed by atoms with van der Waals surface area (Å²) in [6.07, 6.45) is 1.65. The molecule has 0 radical (unpaired) electrons. The van der Waals surface area contributed by atoms with Crippen LogP contribution in [0.15, 0.2) is 24.3 Å². The van der Waals surface area contributed by atoms with Crippen LogP contribution in [-0.2, 0) is 23.0 Å². The SMILES string of the molecule is CCOC(=O)c1nc(C)nc(CCc2ccc(C(C)(C)C)cc2)c1C. The maximum atomic E-state index is 12.1. The van der Waals surface area contributed by atoms with Gasteiger partial charge in [-0.25, -0.2) is 14.8 Å². The Morgan fingerprint density at radius 3 is 2.24 bits per heavy atom. The smallest absolute Gasteiger partial charge is 0.357 e. The van der Waals surface area contributed by atoms with Crippen molar-refractivity contribution >= 4 is 5.97 Å². The van der Waals surface area contributed by atoms with Gasteiger partial charge in [-0.1, -0.05) is 45.0 Å². The Balaban J connectivity index is 2.16. The number of aromatic nitrogens is 2. The van der Waals surface area contributed by atoms with Crippen molar-refractivity contribution in [1.82, 2.24) is 9.97 Å². The minimum absolute atomic E-state index is 0.160. The average molecular weight is 340 g/mol. The van der Waals surface area contributed by atoms with E-state index in [2.05, 4.69) is 55.0 Å².